The number of carbonyl (C=O) groups is 1. The minimum Gasteiger partial charge on any atom is -0.501 e. The zero-order valence-electron chi connectivity index (χ0n) is 9.86. The number of aromatic hydroxyl groups is 1. The Hall–Kier alpha value is -3.16. The number of nitrogens with one attached hydrogen (secondary N) is 1. The molecule has 3 N–H and O–H groups in total. The molecule has 0 fully saturated rings. The first kappa shape index (κ1) is 13.3. The molecule has 20 heavy (non-hydrogen) atoms. The topological polar surface area (TPSA) is 134 Å². The van der Waals surface area contributed by atoms with Crippen molar-refractivity contribution in [3.05, 3.63) is 56.4 Å². The fraction of sp³-hybridized carbons (Fsp3) is 0. The largest absolute Gasteiger partial charge is 0.501 e. The summed E-state index contributed by atoms with van der Waals surface area (Å²) in [6.07, 6.45) is 0. The molecule has 0 spiro atoms. The number of hydrogen-bond acceptors (Lipinski definition) is 5. The van der Waals surface area contributed by atoms with Crippen LogP contribution in [0.4, 0.5) is 5.69 Å². The standard InChI is InChI=1S/C12H8N2O6/c15-10-7(12(17)18)8(6-4-2-1-3-5-6)13-11(16)9(10)14(19)20/h1-5H,(H,17,18)(H2,13,15,16). The van der Waals surface area contributed by atoms with Gasteiger partial charge in [-0.25, -0.2) is 4.79 Å². The molecule has 0 saturated carbocycles. The van der Waals surface area contributed by atoms with E-state index in [0.29, 0.717) is 5.56 Å². The van der Waals surface area contributed by atoms with E-state index in [1.165, 1.54) is 12.1 Å². The van der Waals surface area contributed by atoms with Crippen LogP contribution in [0.3, 0.4) is 0 Å². The van der Waals surface area contributed by atoms with Gasteiger partial charge in [0.15, 0.2) is 0 Å². The predicted molar refractivity (Wildman–Crippen MR) is 67.8 cm³/mol. The number of nitro groups is 1. The van der Waals surface area contributed by atoms with Crippen LogP contribution in [0.1, 0.15) is 10.4 Å². The molecule has 1 aromatic carbocycles. The molecule has 8 heteroatoms. The third-order valence-corrected chi connectivity index (χ3v) is 2.62. The summed E-state index contributed by atoms with van der Waals surface area (Å²) in [4.78, 5) is 34.5. The molecule has 102 valence electrons. The number of rotatable bonds is 3. The summed E-state index contributed by atoms with van der Waals surface area (Å²) in [5, 5.41) is 29.5. The summed E-state index contributed by atoms with van der Waals surface area (Å²) in [6, 6.07) is 7.87. The van der Waals surface area contributed by atoms with Crippen molar-refractivity contribution in [1.82, 2.24) is 4.98 Å². The average Bonchev–Trinajstić information content (AvgIpc) is 2.38. The number of aromatic amines is 1. The van der Waals surface area contributed by atoms with Crippen molar-refractivity contribution in [1.29, 1.82) is 0 Å². The molecular weight excluding hydrogens is 268 g/mol. The highest BCUT2D eigenvalue weighted by Crippen LogP contribution is 2.32. The van der Waals surface area contributed by atoms with E-state index in [9.17, 15) is 24.8 Å². The molecule has 0 atom stereocenters. The second-order valence-corrected chi connectivity index (χ2v) is 3.83. The fourth-order valence-corrected chi connectivity index (χ4v) is 1.78. The van der Waals surface area contributed by atoms with Gasteiger partial charge in [-0.3, -0.25) is 14.9 Å². The zero-order valence-corrected chi connectivity index (χ0v) is 9.86. The van der Waals surface area contributed by atoms with Crippen LogP contribution < -0.4 is 5.56 Å². The first-order chi connectivity index (χ1) is 9.43. The molecule has 2 aromatic rings. The van der Waals surface area contributed by atoms with E-state index in [1.807, 2.05) is 0 Å². The first-order valence-electron chi connectivity index (χ1n) is 5.35. The summed E-state index contributed by atoms with van der Waals surface area (Å²) < 4.78 is 0. The lowest BCUT2D eigenvalue weighted by molar-refractivity contribution is -0.387. The van der Waals surface area contributed by atoms with Gasteiger partial charge in [0, 0.05) is 0 Å². The van der Waals surface area contributed by atoms with Crippen LogP contribution in [0.2, 0.25) is 0 Å². The molecule has 0 bridgehead atoms. The van der Waals surface area contributed by atoms with E-state index >= 15 is 0 Å². The summed E-state index contributed by atoms with van der Waals surface area (Å²) in [5.41, 5.74) is -2.96. The molecule has 0 aliphatic rings. The Morgan fingerprint density at radius 2 is 1.85 bits per heavy atom. The van der Waals surface area contributed by atoms with Gasteiger partial charge in [-0.05, 0) is 5.56 Å². The van der Waals surface area contributed by atoms with Crippen molar-refractivity contribution in [2.24, 2.45) is 0 Å². The lowest BCUT2D eigenvalue weighted by atomic mass is 10.0. The van der Waals surface area contributed by atoms with Gasteiger partial charge in [-0.15, -0.1) is 0 Å². The minimum absolute atomic E-state index is 0.189. The highest BCUT2D eigenvalue weighted by atomic mass is 16.6. The Balaban J connectivity index is 2.87. The molecule has 0 amide bonds. The maximum Gasteiger partial charge on any atom is 0.375 e. The van der Waals surface area contributed by atoms with Gasteiger partial charge >= 0.3 is 17.2 Å². The number of aromatic nitrogens is 1. The normalized spacial score (nSPS) is 10.2. The average molecular weight is 276 g/mol. The van der Waals surface area contributed by atoms with E-state index < -0.39 is 33.5 Å². The smallest absolute Gasteiger partial charge is 0.375 e. The van der Waals surface area contributed by atoms with E-state index in [1.54, 1.807) is 18.2 Å². The number of benzene rings is 1. The van der Waals surface area contributed by atoms with Crippen molar-refractivity contribution >= 4 is 11.7 Å². The first-order valence-corrected chi connectivity index (χ1v) is 5.35. The highest BCUT2D eigenvalue weighted by Gasteiger charge is 2.29. The monoisotopic (exact) mass is 276 g/mol. The molecule has 1 aromatic heterocycles. The third-order valence-electron chi connectivity index (χ3n) is 2.62. The Kier molecular flexibility index (Phi) is 3.21. The van der Waals surface area contributed by atoms with Gasteiger partial charge in [0.1, 0.15) is 5.56 Å². The van der Waals surface area contributed by atoms with Crippen LogP contribution in [0.5, 0.6) is 5.75 Å². The van der Waals surface area contributed by atoms with Crippen molar-refractivity contribution < 1.29 is 19.9 Å². The number of hydrogen-bond donors (Lipinski definition) is 3. The molecule has 1 heterocycles. The molecule has 0 aliphatic heterocycles. The number of H-pyrrole nitrogens is 1. The lowest BCUT2D eigenvalue weighted by Gasteiger charge is -2.08. The van der Waals surface area contributed by atoms with Crippen molar-refractivity contribution in [2.75, 3.05) is 0 Å². The van der Waals surface area contributed by atoms with Gasteiger partial charge in [0.25, 0.3) is 0 Å². The number of aromatic carboxylic acids is 1. The van der Waals surface area contributed by atoms with Crippen LogP contribution in [0, 0.1) is 10.1 Å². The van der Waals surface area contributed by atoms with Gasteiger partial charge in [-0.2, -0.15) is 0 Å². The van der Waals surface area contributed by atoms with Crippen LogP contribution in [-0.4, -0.2) is 26.1 Å². The molecule has 0 unspecified atom stereocenters. The van der Waals surface area contributed by atoms with Gasteiger partial charge in [-0.1, -0.05) is 30.3 Å². The summed E-state index contributed by atoms with van der Waals surface area (Å²) in [5.74, 6) is -2.74. The molecule has 8 nitrogen and oxygen atoms in total. The Labute approximate surface area is 111 Å². The molecular formula is C12H8N2O6. The number of carboxylic acids is 1. The quantitative estimate of drug-likeness (QED) is 0.572. The second-order valence-electron chi connectivity index (χ2n) is 3.83. The van der Waals surface area contributed by atoms with Crippen LogP contribution in [-0.2, 0) is 0 Å². The summed E-state index contributed by atoms with van der Waals surface area (Å²) in [7, 11) is 0. The maximum absolute atomic E-state index is 11.6. The van der Waals surface area contributed by atoms with Crippen molar-refractivity contribution in [2.45, 2.75) is 0 Å². The van der Waals surface area contributed by atoms with Gasteiger partial charge in [0.05, 0.1) is 10.6 Å². The Morgan fingerprint density at radius 1 is 1.25 bits per heavy atom. The maximum atomic E-state index is 11.6. The van der Waals surface area contributed by atoms with E-state index in [2.05, 4.69) is 4.98 Å². The SMILES string of the molecule is O=C(O)c1c(-c2ccccc2)[nH]c(=O)c([N+](=O)[O-])c1O. The Morgan fingerprint density at radius 3 is 2.35 bits per heavy atom. The second kappa shape index (κ2) is 4.84. The zero-order chi connectivity index (χ0) is 14.9. The third kappa shape index (κ3) is 2.09. The number of carboxylic acid groups (broad SMARTS) is 1. The minimum atomic E-state index is -1.58. The number of nitrogens with zero attached hydrogens (tertiary/aromatic N) is 1. The van der Waals surface area contributed by atoms with Crippen LogP contribution in [0.25, 0.3) is 11.3 Å². The van der Waals surface area contributed by atoms with Gasteiger partial charge in [0.2, 0.25) is 5.75 Å². The van der Waals surface area contributed by atoms with Crippen molar-refractivity contribution in [3.63, 3.8) is 0 Å². The molecule has 0 saturated heterocycles. The van der Waals surface area contributed by atoms with Crippen molar-refractivity contribution in [3.8, 4) is 17.0 Å². The van der Waals surface area contributed by atoms with E-state index in [4.69, 9.17) is 5.11 Å². The number of pyridine rings is 1. The lowest BCUT2D eigenvalue weighted by Crippen LogP contribution is -2.16. The van der Waals surface area contributed by atoms with Gasteiger partial charge < -0.3 is 15.2 Å². The molecule has 0 aliphatic carbocycles. The molecule has 2 rings (SSSR count). The summed E-state index contributed by atoms with van der Waals surface area (Å²) in [6.45, 7) is 0. The predicted octanol–water partition coefficient (Wildman–Crippen LogP) is 1.35. The van der Waals surface area contributed by atoms with Crippen LogP contribution in [0.15, 0.2) is 35.1 Å². The summed E-state index contributed by atoms with van der Waals surface area (Å²) >= 11 is 0. The van der Waals surface area contributed by atoms with E-state index in [-0.39, 0.29) is 5.69 Å². The molecule has 0 radical (unpaired) electrons. The van der Waals surface area contributed by atoms with E-state index in [0.717, 1.165) is 0 Å². The highest BCUT2D eigenvalue weighted by molar-refractivity contribution is 5.98. The van der Waals surface area contributed by atoms with Crippen LogP contribution >= 0.6 is 0 Å². The fourth-order valence-electron chi connectivity index (χ4n) is 1.78. The Bertz CT molecular complexity index is 751.